The molecule has 2 aromatic heterocycles. The van der Waals surface area contributed by atoms with Crippen molar-refractivity contribution in [3.05, 3.63) is 44.3 Å². The molecule has 0 radical (unpaired) electrons. The van der Waals surface area contributed by atoms with Gasteiger partial charge in [-0.1, -0.05) is 23.2 Å². The number of amides is 1. The number of hydrogen-bond donors (Lipinski definition) is 2. The number of nitrogens with zero attached hydrogens (tertiary/aromatic N) is 1. The summed E-state index contributed by atoms with van der Waals surface area (Å²) in [6.45, 7) is 0.509. The highest BCUT2D eigenvalue weighted by atomic mass is 35.5. The van der Waals surface area contributed by atoms with Crippen LogP contribution in [0.3, 0.4) is 0 Å². The molecule has 2 rings (SSSR count). The zero-order valence-electron chi connectivity index (χ0n) is 9.82. The first-order chi connectivity index (χ1) is 9.06. The number of halogens is 2. The van der Waals surface area contributed by atoms with Gasteiger partial charge in [-0.15, -0.1) is 11.3 Å². The third-order valence-corrected chi connectivity index (χ3v) is 3.93. The van der Waals surface area contributed by atoms with E-state index >= 15 is 0 Å². The first kappa shape index (κ1) is 14.1. The minimum Gasteiger partial charge on any atom is -0.397 e. The highest BCUT2D eigenvalue weighted by molar-refractivity contribution is 7.16. The molecule has 0 aliphatic carbocycles. The predicted molar refractivity (Wildman–Crippen MR) is 79.0 cm³/mol. The lowest BCUT2D eigenvalue weighted by molar-refractivity contribution is 0.0955. The van der Waals surface area contributed by atoms with Crippen LogP contribution in [0, 0.1) is 0 Å². The van der Waals surface area contributed by atoms with Crippen molar-refractivity contribution in [1.29, 1.82) is 0 Å². The average molecular weight is 316 g/mol. The van der Waals surface area contributed by atoms with Crippen molar-refractivity contribution in [3.63, 3.8) is 0 Å². The SMILES string of the molecule is Nc1cnc(Cl)cc1C(=O)NCCc1ccc(Cl)s1. The number of nitrogens with two attached hydrogens (primary N) is 1. The Bertz CT molecular complexity index is 600. The van der Waals surface area contributed by atoms with Crippen LogP contribution in [-0.4, -0.2) is 17.4 Å². The summed E-state index contributed by atoms with van der Waals surface area (Å²) in [7, 11) is 0. The molecular formula is C12H11Cl2N3OS. The molecule has 0 saturated heterocycles. The molecule has 0 bridgehead atoms. The van der Waals surface area contributed by atoms with Crippen LogP contribution in [-0.2, 0) is 6.42 Å². The fourth-order valence-electron chi connectivity index (χ4n) is 1.52. The second-order valence-electron chi connectivity index (χ2n) is 3.81. The molecule has 1 amide bonds. The topological polar surface area (TPSA) is 68.0 Å². The summed E-state index contributed by atoms with van der Waals surface area (Å²) in [5.41, 5.74) is 6.32. The number of pyridine rings is 1. The molecule has 4 nitrogen and oxygen atoms in total. The monoisotopic (exact) mass is 315 g/mol. The normalized spacial score (nSPS) is 10.4. The highest BCUT2D eigenvalue weighted by Gasteiger charge is 2.10. The molecule has 0 spiro atoms. The summed E-state index contributed by atoms with van der Waals surface area (Å²) in [6, 6.07) is 5.23. The first-order valence-corrected chi connectivity index (χ1v) is 7.07. The molecule has 0 saturated carbocycles. The molecule has 7 heteroatoms. The van der Waals surface area contributed by atoms with Gasteiger partial charge in [0, 0.05) is 11.4 Å². The number of hydrogen-bond acceptors (Lipinski definition) is 4. The van der Waals surface area contributed by atoms with Gasteiger partial charge in [0.1, 0.15) is 5.15 Å². The third-order valence-electron chi connectivity index (χ3n) is 2.43. The fourth-order valence-corrected chi connectivity index (χ4v) is 2.76. The van der Waals surface area contributed by atoms with Gasteiger partial charge in [0.2, 0.25) is 0 Å². The highest BCUT2D eigenvalue weighted by Crippen LogP contribution is 2.21. The Balaban J connectivity index is 1.92. The molecule has 0 aliphatic heterocycles. The van der Waals surface area contributed by atoms with Crippen molar-refractivity contribution in [3.8, 4) is 0 Å². The van der Waals surface area contributed by atoms with Crippen molar-refractivity contribution in [1.82, 2.24) is 10.3 Å². The molecule has 3 N–H and O–H groups in total. The maximum absolute atomic E-state index is 11.9. The Hall–Kier alpha value is -1.30. The second kappa shape index (κ2) is 6.23. The van der Waals surface area contributed by atoms with Gasteiger partial charge in [-0.05, 0) is 24.6 Å². The lowest BCUT2D eigenvalue weighted by Crippen LogP contribution is -2.26. The van der Waals surface area contributed by atoms with E-state index in [9.17, 15) is 4.79 Å². The molecule has 0 unspecified atom stereocenters. The minimum atomic E-state index is -0.260. The van der Waals surface area contributed by atoms with Crippen molar-refractivity contribution in [2.24, 2.45) is 0 Å². The summed E-state index contributed by atoms with van der Waals surface area (Å²) < 4.78 is 0.742. The van der Waals surface area contributed by atoms with Crippen molar-refractivity contribution in [2.45, 2.75) is 6.42 Å². The van der Waals surface area contributed by atoms with Crippen LogP contribution < -0.4 is 11.1 Å². The smallest absolute Gasteiger partial charge is 0.253 e. The van der Waals surface area contributed by atoms with Crippen LogP contribution >= 0.6 is 34.5 Å². The molecule has 0 fully saturated rings. The van der Waals surface area contributed by atoms with E-state index in [2.05, 4.69) is 10.3 Å². The molecule has 0 aliphatic rings. The molecule has 100 valence electrons. The van der Waals surface area contributed by atoms with Crippen LogP contribution in [0.25, 0.3) is 0 Å². The van der Waals surface area contributed by atoms with E-state index in [4.69, 9.17) is 28.9 Å². The molecule has 0 atom stereocenters. The maximum Gasteiger partial charge on any atom is 0.253 e. The summed E-state index contributed by atoms with van der Waals surface area (Å²) in [6.07, 6.45) is 2.10. The minimum absolute atomic E-state index is 0.240. The lowest BCUT2D eigenvalue weighted by atomic mass is 10.2. The van der Waals surface area contributed by atoms with E-state index in [0.717, 1.165) is 15.6 Å². The number of anilines is 1. The number of carbonyl (C=O) groups excluding carboxylic acids is 1. The quantitative estimate of drug-likeness (QED) is 0.852. The standard InChI is InChI=1S/C12H11Cl2N3OS/c13-10-5-8(9(15)6-17-10)12(18)16-4-3-7-1-2-11(14)19-7/h1-2,5-6H,3-4,15H2,(H,16,18). The number of nitrogen functional groups attached to an aromatic ring is 1. The molecule has 2 aromatic rings. The Morgan fingerprint density at radius 3 is 2.89 bits per heavy atom. The van der Waals surface area contributed by atoms with Gasteiger partial charge < -0.3 is 11.1 Å². The van der Waals surface area contributed by atoms with Crippen molar-refractivity contribution >= 4 is 46.1 Å². The van der Waals surface area contributed by atoms with Gasteiger partial charge >= 0.3 is 0 Å². The lowest BCUT2D eigenvalue weighted by Gasteiger charge is -2.06. The number of thiophene rings is 1. The predicted octanol–water partition coefficient (Wildman–Crippen LogP) is 3.00. The number of nitrogens with one attached hydrogen (secondary N) is 1. The third kappa shape index (κ3) is 3.83. The molecule has 19 heavy (non-hydrogen) atoms. The molecular weight excluding hydrogens is 305 g/mol. The van der Waals surface area contributed by atoms with E-state index < -0.39 is 0 Å². The van der Waals surface area contributed by atoms with Gasteiger partial charge in [-0.3, -0.25) is 4.79 Å². The number of carbonyl (C=O) groups is 1. The Morgan fingerprint density at radius 2 is 2.21 bits per heavy atom. The van der Waals surface area contributed by atoms with E-state index in [1.807, 2.05) is 12.1 Å². The number of aromatic nitrogens is 1. The fraction of sp³-hybridized carbons (Fsp3) is 0.167. The molecule has 0 aromatic carbocycles. The zero-order valence-corrected chi connectivity index (χ0v) is 12.1. The van der Waals surface area contributed by atoms with E-state index in [1.54, 1.807) is 0 Å². The van der Waals surface area contributed by atoms with Crippen LogP contribution in [0.1, 0.15) is 15.2 Å². The summed E-state index contributed by atoms with van der Waals surface area (Å²) >= 11 is 13.1. The first-order valence-electron chi connectivity index (χ1n) is 5.49. The van der Waals surface area contributed by atoms with Crippen LogP contribution in [0.15, 0.2) is 24.4 Å². The number of rotatable bonds is 4. The summed E-state index contributed by atoms with van der Waals surface area (Å²) in [4.78, 5) is 16.8. The largest absolute Gasteiger partial charge is 0.397 e. The zero-order chi connectivity index (χ0) is 13.8. The van der Waals surface area contributed by atoms with Gasteiger partial charge in [-0.2, -0.15) is 0 Å². The Morgan fingerprint density at radius 1 is 1.42 bits per heavy atom. The summed E-state index contributed by atoms with van der Waals surface area (Å²) in [5.74, 6) is -0.260. The van der Waals surface area contributed by atoms with Gasteiger partial charge in [0.05, 0.1) is 21.8 Å². The average Bonchev–Trinajstić information content (AvgIpc) is 2.78. The van der Waals surface area contributed by atoms with E-state index in [0.29, 0.717) is 17.8 Å². The van der Waals surface area contributed by atoms with Crippen molar-refractivity contribution < 1.29 is 4.79 Å². The van der Waals surface area contributed by atoms with Gasteiger partial charge in [-0.25, -0.2) is 4.98 Å². The Labute approximate surface area is 124 Å². The van der Waals surface area contributed by atoms with Crippen LogP contribution in [0.4, 0.5) is 5.69 Å². The van der Waals surface area contributed by atoms with Crippen LogP contribution in [0.2, 0.25) is 9.49 Å². The molecule has 2 heterocycles. The van der Waals surface area contributed by atoms with Gasteiger partial charge in [0.15, 0.2) is 0 Å². The van der Waals surface area contributed by atoms with Gasteiger partial charge in [0.25, 0.3) is 5.91 Å². The van der Waals surface area contributed by atoms with E-state index in [1.165, 1.54) is 23.6 Å². The van der Waals surface area contributed by atoms with Crippen molar-refractivity contribution in [2.75, 3.05) is 12.3 Å². The Kier molecular flexibility index (Phi) is 4.63. The van der Waals surface area contributed by atoms with Crippen LogP contribution in [0.5, 0.6) is 0 Å². The maximum atomic E-state index is 11.9. The summed E-state index contributed by atoms with van der Waals surface area (Å²) in [5, 5.41) is 3.02. The van der Waals surface area contributed by atoms with E-state index in [-0.39, 0.29) is 11.1 Å². The second-order valence-corrected chi connectivity index (χ2v) is 5.99.